The maximum atomic E-state index is 14.4. The molecule has 194 valence electrons. The molecule has 1 aliphatic heterocycles. The van der Waals surface area contributed by atoms with Crippen LogP contribution >= 0.6 is 0 Å². The Balaban J connectivity index is 1.42. The number of halogens is 5. The van der Waals surface area contributed by atoms with Crippen LogP contribution in [0.4, 0.5) is 38.1 Å². The highest BCUT2D eigenvalue weighted by molar-refractivity contribution is 6.01. The first-order valence-corrected chi connectivity index (χ1v) is 11.3. The summed E-state index contributed by atoms with van der Waals surface area (Å²) in [5, 5.41) is 4.97. The first-order valence-electron chi connectivity index (χ1n) is 11.3. The van der Waals surface area contributed by atoms with E-state index in [1.54, 1.807) is 12.1 Å². The molecule has 1 heterocycles. The van der Waals surface area contributed by atoms with Crippen molar-refractivity contribution in [2.45, 2.75) is 25.1 Å². The van der Waals surface area contributed by atoms with E-state index in [9.17, 15) is 31.5 Å². The molecule has 0 unspecified atom stereocenters. The summed E-state index contributed by atoms with van der Waals surface area (Å²) in [5.74, 6) is -1.91. The first-order chi connectivity index (χ1) is 17.6. The predicted octanol–water partition coefficient (Wildman–Crippen LogP) is 5.98. The third kappa shape index (κ3) is 5.82. The van der Waals surface area contributed by atoms with Gasteiger partial charge in [0.2, 0.25) is 5.91 Å². The van der Waals surface area contributed by atoms with E-state index in [1.807, 2.05) is 0 Å². The third-order valence-corrected chi connectivity index (χ3v) is 5.93. The predicted molar refractivity (Wildman–Crippen MR) is 127 cm³/mol. The number of benzene rings is 3. The standard InChI is InChI=1S/C26H22F5N3O3/c1-37-19-13-20(27)23(21(28)14-19)15-4-10-18(11-5-15)34-12-2-3-22(24(34)35)33-25(36)32-17-8-6-16(7-9-17)26(29,30)31/h4-11,13-14,22H,2-3,12H2,1H3,(H2,32,33,36)/t22-/m1/s1. The number of alkyl halides is 3. The van der Waals surface area contributed by atoms with Gasteiger partial charge in [-0.1, -0.05) is 12.1 Å². The summed E-state index contributed by atoms with van der Waals surface area (Å²) in [6, 6.07) is 10.6. The van der Waals surface area contributed by atoms with E-state index < -0.39 is 35.4 Å². The largest absolute Gasteiger partial charge is 0.497 e. The van der Waals surface area contributed by atoms with E-state index in [0.29, 0.717) is 25.1 Å². The number of carbonyl (C=O) groups excluding carboxylic acids is 2. The van der Waals surface area contributed by atoms with Gasteiger partial charge in [0.25, 0.3) is 0 Å². The molecule has 0 bridgehead atoms. The normalized spacial score (nSPS) is 15.9. The number of amides is 3. The highest BCUT2D eigenvalue weighted by Crippen LogP contribution is 2.32. The summed E-state index contributed by atoms with van der Waals surface area (Å²) >= 11 is 0. The van der Waals surface area contributed by atoms with Gasteiger partial charge in [0, 0.05) is 30.1 Å². The number of anilines is 2. The van der Waals surface area contributed by atoms with Gasteiger partial charge in [0.05, 0.1) is 18.2 Å². The van der Waals surface area contributed by atoms with Gasteiger partial charge in [-0.2, -0.15) is 13.2 Å². The second-order valence-corrected chi connectivity index (χ2v) is 8.37. The average Bonchev–Trinajstić information content (AvgIpc) is 2.85. The minimum absolute atomic E-state index is 0.0511. The van der Waals surface area contributed by atoms with Crippen LogP contribution in [0, 0.1) is 11.6 Å². The smallest absolute Gasteiger partial charge is 0.416 e. The van der Waals surface area contributed by atoms with Gasteiger partial charge < -0.3 is 20.3 Å². The van der Waals surface area contributed by atoms with E-state index in [-0.39, 0.29) is 28.5 Å². The van der Waals surface area contributed by atoms with E-state index in [2.05, 4.69) is 10.6 Å². The quantitative estimate of drug-likeness (QED) is 0.408. The topological polar surface area (TPSA) is 70.7 Å². The van der Waals surface area contributed by atoms with Crippen molar-refractivity contribution in [3.8, 4) is 16.9 Å². The molecule has 0 aliphatic carbocycles. The maximum Gasteiger partial charge on any atom is 0.416 e. The fourth-order valence-electron chi connectivity index (χ4n) is 4.09. The summed E-state index contributed by atoms with van der Waals surface area (Å²) in [5.41, 5.74) is -0.176. The summed E-state index contributed by atoms with van der Waals surface area (Å²) in [4.78, 5) is 26.8. The third-order valence-electron chi connectivity index (χ3n) is 5.93. The molecular weight excluding hydrogens is 497 g/mol. The second-order valence-electron chi connectivity index (χ2n) is 8.37. The van der Waals surface area contributed by atoms with E-state index >= 15 is 0 Å². The molecule has 3 amide bonds. The molecule has 3 aromatic carbocycles. The number of ether oxygens (including phenoxy) is 1. The summed E-state index contributed by atoms with van der Waals surface area (Å²) < 4.78 is 71.8. The molecule has 0 saturated carbocycles. The van der Waals surface area contributed by atoms with Crippen molar-refractivity contribution in [2.75, 3.05) is 23.9 Å². The SMILES string of the molecule is COc1cc(F)c(-c2ccc(N3CCC[C@@H](NC(=O)Nc4ccc(C(F)(F)F)cc4)C3=O)cc2)c(F)c1. The molecule has 4 rings (SSSR count). The lowest BCUT2D eigenvalue weighted by Gasteiger charge is -2.32. The van der Waals surface area contributed by atoms with Crippen molar-refractivity contribution < 1.29 is 36.3 Å². The molecule has 11 heteroatoms. The molecule has 37 heavy (non-hydrogen) atoms. The van der Waals surface area contributed by atoms with Crippen molar-refractivity contribution in [2.24, 2.45) is 0 Å². The second kappa shape index (κ2) is 10.5. The van der Waals surface area contributed by atoms with Gasteiger partial charge in [0.1, 0.15) is 23.4 Å². The van der Waals surface area contributed by atoms with Crippen LogP contribution in [0.2, 0.25) is 0 Å². The number of rotatable bonds is 5. The van der Waals surface area contributed by atoms with Crippen LogP contribution in [0.15, 0.2) is 60.7 Å². The zero-order valence-electron chi connectivity index (χ0n) is 19.5. The lowest BCUT2D eigenvalue weighted by Crippen LogP contribution is -2.53. The molecule has 1 fully saturated rings. The number of hydrogen-bond donors (Lipinski definition) is 2. The molecule has 6 nitrogen and oxygen atoms in total. The monoisotopic (exact) mass is 519 g/mol. The van der Waals surface area contributed by atoms with Gasteiger partial charge in [-0.3, -0.25) is 4.79 Å². The number of hydrogen-bond acceptors (Lipinski definition) is 3. The molecule has 0 spiro atoms. The van der Waals surface area contributed by atoms with Crippen LogP contribution in [0.25, 0.3) is 11.1 Å². The van der Waals surface area contributed by atoms with Crippen molar-refractivity contribution in [3.63, 3.8) is 0 Å². The van der Waals surface area contributed by atoms with Crippen molar-refractivity contribution >= 4 is 23.3 Å². The van der Waals surface area contributed by atoms with Crippen LogP contribution < -0.4 is 20.3 Å². The molecule has 1 atom stereocenters. The van der Waals surface area contributed by atoms with Crippen LogP contribution in [0.5, 0.6) is 5.75 Å². The summed E-state index contributed by atoms with van der Waals surface area (Å²) in [6.07, 6.45) is -3.55. The van der Waals surface area contributed by atoms with Gasteiger partial charge >= 0.3 is 12.2 Å². The van der Waals surface area contributed by atoms with Gasteiger partial charge in [-0.15, -0.1) is 0 Å². The fraction of sp³-hybridized carbons (Fsp3) is 0.231. The Morgan fingerprint density at radius 3 is 2.19 bits per heavy atom. The molecule has 1 aliphatic rings. The van der Waals surface area contributed by atoms with Crippen molar-refractivity contribution in [1.82, 2.24) is 5.32 Å². The summed E-state index contributed by atoms with van der Waals surface area (Å²) in [7, 11) is 1.30. The zero-order valence-corrected chi connectivity index (χ0v) is 19.5. The number of nitrogens with zero attached hydrogens (tertiary/aromatic N) is 1. The number of carbonyl (C=O) groups is 2. The van der Waals surface area contributed by atoms with Gasteiger partial charge in [-0.25, -0.2) is 13.6 Å². The maximum absolute atomic E-state index is 14.4. The van der Waals surface area contributed by atoms with Crippen LogP contribution in [-0.4, -0.2) is 31.6 Å². The Hall–Kier alpha value is -4.15. The van der Waals surface area contributed by atoms with Gasteiger partial charge in [0.15, 0.2) is 0 Å². The molecule has 0 radical (unpaired) electrons. The molecular formula is C26H22F5N3O3. The highest BCUT2D eigenvalue weighted by atomic mass is 19.4. The van der Waals surface area contributed by atoms with Crippen LogP contribution in [0.3, 0.4) is 0 Å². The molecule has 0 aromatic heterocycles. The molecule has 1 saturated heterocycles. The Bertz CT molecular complexity index is 1270. The van der Waals surface area contributed by atoms with E-state index in [1.165, 1.54) is 24.1 Å². The Morgan fingerprint density at radius 2 is 1.62 bits per heavy atom. The van der Waals surface area contributed by atoms with Crippen molar-refractivity contribution in [3.05, 3.63) is 77.9 Å². The number of piperidine rings is 1. The van der Waals surface area contributed by atoms with Crippen LogP contribution in [0.1, 0.15) is 18.4 Å². The Labute approximate surface area is 209 Å². The number of nitrogens with one attached hydrogen (secondary N) is 2. The zero-order chi connectivity index (χ0) is 26.7. The number of urea groups is 1. The fourth-order valence-corrected chi connectivity index (χ4v) is 4.09. The Kier molecular flexibility index (Phi) is 7.33. The lowest BCUT2D eigenvalue weighted by atomic mass is 10.0. The first kappa shape index (κ1) is 25.9. The van der Waals surface area contributed by atoms with Crippen LogP contribution in [-0.2, 0) is 11.0 Å². The minimum atomic E-state index is -4.49. The average molecular weight is 519 g/mol. The lowest BCUT2D eigenvalue weighted by molar-refractivity contribution is -0.137. The number of methoxy groups -OCH3 is 1. The molecule has 3 aromatic rings. The minimum Gasteiger partial charge on any atom is -0.497 e. The highest BCUT2D eigenvalue weighted by Gasteiger charge is 2.32. The van der Waals surface area contributed by atoms with Gasteiger partial charge in [-0.05, 0) is 54.8 Å². The molecule has 2 N–H and O–H groups in total. The summed E-state index contributed by atoms with van der Waals surface area (Å²) in [6.45, 7) is 0.377. The Morgan fingerprint density at radius 1 is 1.00 bits per heavy atom. The van der Waals surface area contributed by atoms with E-state index in [4.69, 9.17) is 4.74 Å². The van der Waals surface area contributed by atoms with E-state index in [0.717, 1.165) is 36.4 Å². The van der Waals surface area contributed by atoms with Crippen molar-refractivity contribution in [1.29, 1.82) is 0 Å².